The maximum atomic E-state index is 10.6. The van der Waals surface area contributed by atoms with Crippen LogP contribution in [0.4, 0.5) is 11.4 Å². The molecule has 76 valence electrons. The SMILES string of the molecule is NNc1ccc([N+](=O)[O-])cc1S(=O)[O-]. The van der Waals surface area contributed by atoms with Crippen molar-refractivity contribution in [1.29, 1.82) is 0 Å². The molecule has 0 aliphatic carbocycles. The summed E-state index contributed by atoms with van der Waals surface area (Å²) in [4.78, 5) is 9.41. The van der Waals surface area contributed by atoms with E-state index in [2.05, 4.69) is 5.43 Å². The van der Waals surface area contributed by atoms with Crippen LogP contribution < -0.4 is 11.3 Å². The Labute approximate surface area is 81.3 Å². The summed E-state index contributed by atoms with van der Waals surface area (Å²) in [6.07, 6.45) is 0. The number of anilines is 1. The highest BCUT2D eigenvalue weighted by molar-refractivity contribution is 7.79. The number of hydrogen-bond donors (Lipinski definition) is 2. The lowest BCUT2D eigenvalue weighted by Gasteiger charge is -2.10. The van der Waals surface area contributed by atoms with E-state index in [4.69, 9.17) is 5.84 Å². The van der Waals surface area contributed by atoms with Crippen LogP contribution in [0.5, 0.6) is 0 Å². The molecule has 0 aliphatic rings. The lowest BCUT2D eigenvalue weighted by atomic mass is 10.3. The lowest BCUT2D eigenvalue weighted by Crippen LogP contribution is -2.10. The summed E-state index contributed by atoms with van der Waals surface area (Å²) in [6.45, 7) is 0. The number of nitrogen functional groups attached to an aromatic ring is 1. The van der Waals surface area contributed by atoms with Gasteiger partial charge in [0.1, 0.15) is 0 Å². The van der Waals surface area contributed by atoms with Crippen LogP contribution in [-0.2, 0) is 11.1 Å². The fourth-order valence-corrected chi connectivity index (χ4v) is 1.41. The number of nitrogens with two attached hydrogens (primary N) is 1. The molecule has 1 atom stereocenters. The number of rotatable bonds is 3. The lowest BCUT2D eigenvalue weighted by molar-refractivity contribution is -0.385. The molecule has 0 saturated heterocycles. The van der Waals surface area contributed by atoms with Gasteiger partial charge in [0.2, 0.25) is 0 Å². The van der Waals surface area contributed by atoms with Gasteiger partial charge in [-0.1, -0.05) is 0 Å². The van der Waals surface area contributed by atoms with E-state index in [1.165, 1.54) is 6.07 Å². The summed E-state index contributed by atoms with van der Waals surface area (Å²) < 4.78 is 21.3. The highest BCUT2D eigenvalue weighted by Gasteiger charge is 2.10. The van der Waals surface area contributed by atoms with Crippen molar-refractivity contribution in [3.63, 3.8) is 0 Å². The van der Waals surface area contributed by atoms with Gasteiger partial charge in [0, 0.05) is 12.1 Å². The topological polar surface area (TPSA) is 121 Å². The van der Waals surface area contributed by atoms with Gasteiger partial charge in [0.25, 0.3) is 5.69 Å². The van der Waals surface area contributed by atoms with Crippen LogP contribution >= 0.6 is 0 Å². The van der Waals surface area contributed by atoms with Crippen molar-refractivity contribution < 1.29 is 13.7 Å². The number of benzene rings is 1. The summed E-state index contributed by atoms with van der Waals surface area (Å²) in [6, 6.07) is 3.31. The largest absolute Gasteiger partial charge is 0.768 e. The predicted octanol–water partition coefficient (Wildman–Crippen LogP) is 0.118. The monoisotopic (exact) mass is 216 g/mol. The van der Waals surface area contributed by atoms with Crippen LogP contribution in [-0.4, -0.2) is 13.7 Å². The molecule has 1 unspecified atom stereocenters. The molecular weight excluding hydrogens is 210 g/mol. The van der Waals surface area contributed by atoms with Crippen LogP contribution in [0.2, 0.25) is 0 Å². The molecule has 3 N–H and O–H groups in total. The molecule has 0 bridgehead atoms. The van der Waals surface area contributed by atoms with Gasteiger partial charge in [-0.3, -0.25) is 20.2 Å². The van der Waals surface area contributed by atoms with E-state index in [0.717, 1.165) is 12.1 Å². The molecule has 14 heavy (non-hydrogen) atoms. The average Bonchev–Trinajstić information content (AvgIpc) is 2.16. The number of hydrogen-bond acceptors (Lipinski definition) is 6. The van der Waals surface area contributed by atoms with Gasteiger partial charge in [0.15, 0.2) is 0 Å². The molecule has 1 aromatic rings. The third kappa shape index (κ3) is 2.05. The maximum Gasteiger partial charge on any atom is 0.270 e. The van der Waals surface area contributed by atoms with Gasteiger partial charge in [-0.25, -0.2) is 0 Å². The molecule has 1 rings (SSSR count). The third-order valence-corrected chi connectivity index (χ3v) is 2.21. The molecule has 0 fully saturated rings. The van der Waals surface area contributed by atoms with Crippen molar-refractivity contribution in [3.05, 3.63) is 28.3 Å². The quantitative estimate of drug-likeness (QED) is 0.320. The Morgan fingerprint density at radius 3 is 2.57 bits per heavy atom. The smallest absolute Gasteiger partial charge is 0.270 e. The second-order valence-corrected chi connectivity index (χ2v) is 3.23. The molecule has 0 spiro atoms. The van der Waals surface area contributed by atoms with Gasteiger partial charge in [-0.15, -0.1) is 0 Å². The highest BCUT2D eigenvalue weighted by atomic mass is 32.2. The van der Waals surface area contributed by atoms with E-state index in [9.17, 15) is 18.9 Å². The van der Waals surface area contributed by atoms with Crippen LogP contribution in [0.3, 0.4) is 0 Å². The zero-order valence-electron chi connectivity index (χ0n) is 6.80. The fourth-order valence-electron chi connectivity index (χ4n) is 0.882. The molecule has 0 amide bonds. The standard InChI is InChI=1S/C6H7N3O4S/c7-8-5-2-1-4(9(10)11)3-6(5)14(12)13/h1-3,8H,7H2,(H,12,13)/p-1. The predicted molar refractivity (Wildman–Crippen MR) is 48.1 cm³/mol. The van der Waals surface area contributed by atoms with Gasteiger partial charge >= 0.3 is 0 Å². The first kappa shape index (κ1) is 10.6. The van der Waals surface area contributed by atoms with Crippen molar-refractivity contribution in [2.24, 2.45) is 5.84 Å². The minimum Gasteiger partial charge on any atom is -0.768 e. The Balaban J connectivity index is 3.27. The fraction of sp³-hybridized carbons (Fsp3) is 0. The Kier molecular flexibility index (Phi) is 3.12. The van der Waals surface area contributed by atoms with Crippen molar-refractivity contribution in [1.82, 2.24) is 0 Å². The molecule has 0 saturated carbocycles. The summed E-state index contributed by atoms with van der Waals surface area (Å²) in [5.74, 6) is 5.02. The number of nitro benzene ring substituents is 1. The van der Waals surface area contributed by atoms with Crippen molar-refractivity contribution >= 4 is 22.5 Å². The van der Waals surface area contributed by atoms with Crippen molar-refractivity contribution in [3.8, 4) is 0 Å². The highest BCUT2D eigenvalue weighted by Crippen LogP contribution is 2.23. The summed E-state index contributed by atoms with van der Waals surface area (Å²) in [5.41, 5.74) is 1.94. The second-order valence-electron chi connectivity index (χ2n) is 2.32. The number of nitro groups is 1. The Hall–Kier alpha value is -1.51. The summed E-state index contributed by atoms with van der Waals surface area (Å²) >= 11 is -2.56. The minimum atomic E-state index is -2.56. The first-order chi connectivity index (χ1) is 6.56. The van der Waals surface area contributed by atoms with Crippen LogP contribution in [0, 0.1) is 10.1 Å². The van der Waals surface area contributed by atoms with Gasteiger partial charge in [-0.05, 0) is 17.1 Å². The molecule has 1 aromatic carbocycles. The molecule has 0 aliphatic heterocycles. The molecule has 8 heteroatoms. The average molecular weight is 216 g/mol. The van der Waals surface area contributed by atoms with Gasteiger partial charge in [0.05, 0.1) is 15.5 Å². The number of non-ortho nitro benzene ring substituents is 1. The maximum absolute atomic E-state index is 10.6. The van der Waals surface area contributed by atoms with E-state index in [-0.39, 0.29) is 16.3 Å². The van der Waals surface area contributed by atoms with Crippen molar-refractivity contribution in [2.75, 3.05) is 5.43 Å². The zero-order chi connectivity index (χ0) is 10.7. The molecule has 0 radical (unpaired) electrons. The molecule has 0 aromatic heterocycles. The second kappa shape index (κ2) is 4.13. The Bertz CT molecular complexity index is 395. The normalized spacial score (nSPS) is 12.1. The molecule has 7 nitrogen and oxygen atoms in total. The van der Waals surface area contributed by atoms with E-state index in [1.54, 1.807) is 0 Å². The Morgan fingerprint density at radius 2 is 2.14 bits per heavy atom. The molecule has 0 heterocycles. The van der Waals surface area contributed by atoms with E-state index >= 15 is 0 Å². The van der Waals surface area contributed by atoms with Gasteiger partial charge in [-0.2, -0.15) is 0 Å². The number of nitrogens with zero attached hydrogens (tertiary/aromatic N) is 1. The molecular formula is C6H6N3O4S-. The summed E-state index contributed by atoms with van der Waals surface area (Å²) in [7, 11) is 0. The third-order valence-electron chi connectivity index (χ3n) is 1.51. The van der Waals surface area contributed by atoms with Gasteiger partial charge < -0.3 is 9.98 Å². The van der Waals surface area contributed by atoms with Crippen LogP contribution in [0.1, 0.15) is 0 Å². The summed E-state index contributed by atoms with van der Waals surface area (Å²) in [5, 5.41) is 10.3. The minimum absolute atomic E-state index is 0.115. The van der Waals surface area contributed by atoms with Crippen LogP contribution in [0.15, 0.2) is 23.1 Å². The van der Waals surface area contributed by atoms with Crippen molar-refractivity contribution in [2.45, 2.75) is 4.90 Å². The van der Waals surface area contributed by atoms with E-state index < -0.39 is 16.0 Å². The first-order valence-electron chi connectivity index (χ1n) is 3.40. The van der Waals surface area contributed by atoms with E-state index in [1.807, 2.05) is 0 Å². The zero-order valence-corrected chi connectivity index (χ0v) is 7.61. The number of nitrogens with one attached hydrogen (secondary N) is 1. The Morgan fingerprint density at radius 1 is 1.50 bits per heavy atom. The first-order valence-corrected chi connectivity index (χ1v) is 4.48. The number of hydrazine groups is 1. The van der Waals surface area contributed by atoms with E-state index in [0.29, 0.717) is 0 Å². The van der Waals surface area contributed by atoms with Crippen LogP contribution in [0.25, 0.3) is 0 Å².